The number of aryl methyl sites for hydroxylation is 1. The van der Waals surface area contributed by atoms with Gasteiger partial charge in [-0.15, -0.1) is 0 Å². The number of hydrogen-bond acceptors (Lipinski definition) is 2. The number of ketones is 1. The summed E-state index contributed by atoms with van der Waals surface area (Å²) in [7, 11) is 1.75. The Bertz CT molecular complexity index is 503. The molecule has 1 aromatic rings. The summed E-state index contributed by atoms with van der Waals surface area (Å²) in [5.74, 6) is -0.139. The molecule has 0 spiro atoms. The van der Waals surface area contributed by atoms with Crippen LogP contribution < -0.4 is 0 Å². The summed E-state index contributed by atoms with van der Waals surface area (Å²) in [6.07, 6.45) is 2.54. The monoisotopic (exact) mass is 263 g/mol. The van der Waals surface area contributed by atoms with Gasteiger partial charge in [0.2, 0.25) is 0 Å². The molecule has 1 aliphatic rings. The van der Waals surface area contributed by atoms with Crippen molar-refractivity contribution in [2.45, 2.75) is 38.6 Å². The molecular formula is C15H18FNO2. The van der Waals surface area contributed by atoms with Crippen LogP contribution in [-0.2, 0) is 4.79 Å². The summed E-state index contributed by atoms with van der Waals surface area (Å²) in [5.41, 5.74) is 0.969. The number of nitrogens with zero attached hydrogens (tertiary/aromatic N) is 1. The minimum absolute atomic E-state index is 0.107. The van der Waals surface area contributed by atoms with Crippen LogP contribution in [0, 0.1) is 12.7 Å². The number of carbonyl (C=O) groups excluding carboxylic acids is 2. The predicted molar refractivity (Wildman–Crippen MR) is 70.5 cm³/mol. The van der Waals surface area contributed by atoms with E-state index in [0.29, 0.717) is 24.0 Å². The van der Waals surface area contributed by atoms with Crippen molar-refractivity contribution < 1.29 is 14.0 Å². The standard InChI is InChI=1S/C15H18FNO2/c1-10-9-11(3-8-14(10)16)15(19)17(2)12-4-6-13(18)7-5-12/h3,8-9,12H,4-7H2,1-2H3. The van der Waals surface area contributed by atoms with Crippen LogP contribution in [-0.4, -0.2) is 29.7 Å². The third-order valence-electron chi connectivity index (χ3n) is 3.79. The average Bonchev–Trinajstić information content (AvgIpc) is 2.41. The molecule has 102 valence electrons. The highest BCUT2D eigenvalue weighted by atomic mass is 19.1. The van der Waals surface area contributed by atoms with Crippen molar-refractivity contribution in [2.24, 2.45) is 0 Å². The molecule has 0 radical (unpaired) electrons. The minimum atomic E-state index is -0.303. The zero-order valence-electron chi connectivity index (χ0n) is 11.3. The Hall–Kier alpha value is -1.71. The molecule has 0 atom stereocenters. The van der Waals surface area contributed by atoms with E-state index in [0.717, 1.165) is 12.8 Å². The van der Waals surface area contributed by atoms with Gasteiger partial charge in [-0.3, -0.25) is 9.59 Å². The Morgan fingerprint density at radius 2 is 1.95 bits per heavy atom. The smallest absolute Gasteiger partial charge is 0.253 e. The molecule has 2 rings (SSSR count). The van der Waals surface area contributed by atoms with Crippen molar-refractivity contribution in [1.29, 1.82) is 0 Å². The molecule has 1 aromatic carbocycles. The maximum Gasteiger partial charge on any atom is 0.253 e. The lowest BCUT2D eigenvalue weighted by molar-refractivity contribution is -0.121. The van der Waals surface area contributed by atoms with Gasteiger partial charge in [-0.1, -0.05) is 0 Å². The van der Waals surface area contributed by atoms with Crippen molar-refractivity contribution in [2.75, 3.05) is 7.05 Å². The number of carbonyl (C=O) groups is 2. The van der Waals surface area contributed by atoms with Gasteiger partial charge in [-0.25, -0.2) is 4.39 Å². The molecule has 0 aromatic heterocycles. The summed E-state index contributed by atoms with van der Waals surface area (Å²) >= 11 is 0. The predicted octanol–water partition coefficient (Wildman–Crippen LogP) is 2.72. The first-order valence-electron chi connectivity index (χ1n) is 6.54. The zero-order valence-corrected chi connectivity index (χ0v) is 11.3. The number of halogens is 1. The molecule has 0 N–H and O–H groups in total. The molecule has 1 aliphatic carbocycles. The second kappa shape index (κ2) is 5.51. The SMILES string of the molecule is Cc1cc(C(=O)N(C)C2CCC(=O)CC2)ccc1F. The van der Waals surface area contributed by atoms with Gasteiger partial charge in [0.15, 0.2) is 0 Å². The molecule has 0 heterocycles. The maximum atomic E-state index is 13.2. The van der Waals surface area contributed by atoms with Gasteiger partial charge in [0.1, 0.15) is 11.6 Å². The van der Waals surface area contributed by atoms with Crippen LogP contribution in [0.5, 0.6) is 0 Å². The zero-order chi connectivity index (χ0) is 14.0. The third kappa shape index (κ3) is 3.00. The first kappa shape index (κ1) is 13.7. The second-order valence-electron chi connectivity index (χ2n) is 5.15. The molecule has 1 amide bonds. The van der Waals surface area contributed by atoms with Gasteiger partial charge in [0, 0.05) is 31.5 Å². The Balaban J connectivity index is 2.10. The van der Waals surface area contributed by atoms with Crippen LogP contribution in [0.1, 0.15) is 41.6 Å². The molecule has 4 heteroatoms. The minimum Gasteiger partial charge on any atom is -0.339 e. The van der Waals surface area contributed by atoms with E-state index in [-0.39, 0.29) is 23.5 Å². The molecule has 1 saturated carbocycles. The first-order valence-corrected chi connectivity index (χ1v) is 6.54. The summed E-state index contributed by atoms with van der Waals surface area (Å²) in [5, 5.41) is 0. The van der Waals surface area contributed by atoms with E-state index < -0.39 is 0 Å². The lowest BCUT2D eigenvalue weighted by Gasteiger charge is -2.30. The van der Waals surface area contributed by atoms with Crippen LogP contribution in [0.15, 0.2) is 18.2 Å². The van der Waals surface area contributed by atoms with Crippen LogP contribution >= 0.6 is 0 Å². The Kier molecular flexibility index (Phi) is 3.98. The van der Waals surface area contributed by atoms with Crippen molar-refractivity contribution in [3.8, 4) is 0 Å². The summed E-state index contributed by atoms with van der Waals surface area (Å²) in [4.78, 5) is 25.2. The highest BCUT2D eigenvalue weighted by molar-refractivity contribution is 5.94. The molecule has 0 unspecified atom stereocenters. The van der Waals surface area contributed by atoms with Crippen molar-refractivity contribution in [3.63, 3.8) is 0 Å². The van der Waals surface area contributed by atoms with Crippen molar-refractivity contribution in [3.05, 3.63) is 35.1 Å². The maximum absolute atomic E-state index is 13.2. The molecule has 0 saturated heterocycles. The van der Waals surface area contributed by atoms with E-state index in [1.54, 1.807) is 24.9 Å². The average molecular weight is 263 g/mol. The Labute approximate surface area is 112 Å². The second-order valence-corrected chi connectivity index (χ2v) is 5.15. The van der Waals surface area contributed by atoms with E-state index in [1.807, 2.05) is 0 Å². The van der Waals surface area contributed by atoms with Crippen molar-refractivity contribution in [1.82, 2.24) is 4.90 Å². The fraction of sp³-hybridized carbons (Fsp3) is 0.467. The highest BCUT2D eigenvalue weighted by Crippen LogP contribution is 2.21. The van der Waals surface area contributed by atoms with Gasteiger partial charge in [-0.05, 0) is 43.5 Å². The van der Waals surface area contributed by atoms with Gasteiger partial charge in [-0.2, -0.15) is 0 Å². The quantitative estimate of drug-likeness (QED) is 0.822. The topological polar surface area (TPSA) is 37.4 Å². The number of rotatable bonds is 2. The Morgan fingerprint density at radius 1 is 1.32 bits per heavy atom. The molecule has 3 nitrogen and oxygen atoms in total. The number of hydrogen-bond donors (Lipinski definition) is 0. The van der Waals surface area contributed by atoms with E-state index in [1.165, 1.54) is 12.1 Å². The van der Waals surface area contributed by atoms with E-state index in [2.05, 4.69) is 0 Å². The first-order chi connectivity index (χ1) is 8.99. The van der Waals surface area contributed by atoms with Gasteiger partial charge >= 0.3 is 0 Å². The molecule has 0 aliphatic heterocycles. The largest absolute Gasteiger partial charge is 0.339 e. The summed E-state index contributed by atoms with van der Waals surface area (Å²) in [6, 6.07) is 4.51. The van der Waals surface area contributed by atoms with Crippen LogP contribution in [0.25, 0.3) is 0 Å². The normalized spacial score (nSPS) is 16.5. The number of benzene rings is 1. The van der Waals surface area contributed by atoms with E-state index in [4.69, 9.17) is 0 Å². The lowest BCUT2D eigenvalue weighted by atomic mass is 9.93. The number of amides is 1. The highest BCUT2D eigenvalue weighted by Gasteiger charge is 2.25. The van der Waals surface area contributed by atoms with Gasteiger partial charge in [0.25, 0.3) is 5.91 Å². The molecule has 1 fully saturated rings. The lowest BCUT2D eigenvalue weighted by Crippen LogP contribution is -2.39. The summed E-state index contributed by atoms with van der Waals surface area (Å²) < 4.78 is 13.2. The molecular weight excluding hydrogens is 245 g/mol. The summed E-state index contributed by atoms with van der Waals surface area (Å²) in [6.45, 7) is 1.64. The van der Waals surface area contributed by atoms with E-state index >= 15 is 0 Å². The van der Waals surface area contributed by atoms with Crippen LogP contribution in [0.4, 0.5) is 4.39 Å². The van der Waals surface area contributed by atoms with Gasteiger partial charge < -0.3 is 4.90 Å². The Morgan fingerprint density at radius 3 is 2.53 bits per heavy atom. The van der Waals surface area contributed by atoms with Gasteiger partial charge in [0.05, 0.1) is 0 Å². The van der Waals surface area contributed by atoms with Crippen LogP contribution in [0.3, 0.4) is 0 Å². The number of Topliss-reactive ketones (excluding diaryl/α,β-unsaturated/α-hetero) is 1. The molecule has 19 heavy (non-hydrogen) atoms. The fourth-order valence-electron chi connectivity index (χ4n) is 2.46. The van der Waals surface area contributed by atoms with Crippen LogP contribution in [0.2, 0.25) is 0 Å². The molecule has 0 bridgehead atoms. The van der Waals surface area contributed by atoms with Crippen molar-refractivity contribution >= 4 is 11.7 Å². The fourth-order valence-corrected chi connectivity index (χ4v) is 2.46. The third-order valence-corrected chi connectivity index (χ3v) is 3.79. The van der Waals surface area contributed by atoms with E-state index in [9.17, 15) is 14.0 Å².